The van der Waals surface area contributed by atoms with Gasteiger partial charge in [-0.15, -0.1) is 0 Å². The van der Waals surface area contributed by atoms with Crippen molar-refractivity contribution in [3.63, 3.8) is 0 Å². The molecule has 3 nitrogen and oxygen atoms in total. The normalized spacial score (nSPS) is 12.2. The van der Waals surface area contributed by atoms with E-state index in [0.717, 1.165) is 5.56 Å². The summed E-state index contributed by atoms with van der Waals surface area (Å²) in [5.41, 5.74) is 6.29. The topological polar surface area (TPSA) is 46.3 Å². The summed E-state index contributed by atoms with van der Waals surface area (Å²) < 4.78 is 12.8. The number of halogens is 1. The van der Waals surface area contributed by atoms with Gasteiger partial charge in [0.2, 0.25) is 5.91 Å². The van der Waals surface area contributed by atoms with Gasteiger partial charge in [0.1, 0.15) is 5.82 Å². The van der Waals surface area contributed by atoms with Crippen LogP contribution < -0.4 is 5.73 Å². The number of benzene rings is 1. The minimum absolute atomic E-state index is 0.0547. The highest BCUT2D eigenvalue weighted by Crippen LogP contribution is 2.19. The minimum Gasteiger partial charge on any atom is -0.339 e. The monoisotopic (exact) mass is 238 g/mol. The molecule has 1 aromatic carbocycles. The summed E-state index contributed by atoms with van der Waals surface area (Å²) in [5, 5.41) is 0. The van der Waals surface area contributed by atoms with Crippen molar-refractivity contribution in [2.24, 2.45) is 5.73 Å². The summed E-state index contributed by atoms with van der Waals surface area (Å²) in [7, 11) is 1.76. The number of rotatable bonds is 5. The first-order valence-corrected chi connectivity index (χ1v) is 5.77. The van der Waals surface area contributed by atoms with Gasteiger partial charge in [-0.1, -0.05) is 12.1 Å². The van der Waals surface area contributed by atoms with Crippen LogP contribution in [0.25, 0.3) is 0 Å². The summed E-state index contributed by atoms with van der Waals surface area (Å²) in [6, 6.07) is 6.16. The molecule has 0 spiro atoms. The van der Waals surface area contributed by atoms with Gasteiger partial charge >= 0.3 is 0 Å². The van der Waals surface area contributed by atoms with E-state index in [4.69, 9.17) is 5.73 Å². The molecule has 0 fully saturated rings. The second-order valence-electron chi connectivity index (χ2n) is 4.12. The number of carbonyl (C=O) groups excluding carboxylic acids is 1. The fraction of sp³-hybridized carbons (Fsp3) is 0.462. The first-order valence-electron chi connectivity index (χ1n) is 5.77. The number of carbonyl (C=O) groups is 1. The molecular weight excluding hydrogens is 219 g/mol. The van der Waals surface area contributed by atoms with Crippen molar-refractivity contribution in [3.8, 4) is 0 Å². The summed E-state index contributed by atoms with van der Waals surface area (Å²) in [6.45, 7) is 2.44. The molecule has 0 saturated heterocycles. The SMILES string of the molecule is C[C@@H](c1ccc(F)cc1)N(C)C(=O)CCCN. The molecule has 94 valence electrons. The van der Waals surface area contributed by atoms with E-state index >= 15 is 0 Å². The van der Waals surface area contributed by atoms with E-state index in [0.29, 0.717) is 19.4 Å². The van der Waals surface area contributed by atoms with Crippen molar-refractivity contribution in [3.05, 3.63) is 35.6 Å². The van der Waals surface area contributed by atoms with Gasteiger partial charge in [-0.25, -0.2) is 4.39 Å². The van der Waals surface area contributed by atoms with Crippen LogP contribution in [-0.4, -0.2) is 24.4 Å². The van der Waals surface area contributed by atoms with Crippen LogP contribution in [0.2, 0.25) is 0 Å². The van der Waals surface area contributed by atoms with Gasteiger partial charge in [-0.05, 0) is 37.6 Å². The smallest absolute Gasteiger partial charge is 0.222 e. The molecule has 0 aliphatic carbocycles. The van der Waals surface area contributed by atoms with Crippen LogP contribution in [0.1, 0.15) is 31.4 Å². The maximum atomic E-state index is 12.8. The Bertz CT molecular complexity index is 364. The number of nitrogens with zero attached hydrogens (tertiary/aromatic N) is 1. The molecule has 0 radical (unpaired) electrons. The van der Waals surface area contributed by atoms with Gasteiger partial charge in [0.25, 0.3) is 0 Å². The van der Waals surface area contributed by atoms with E-state index in [-0.39, 0.29) is 17.8 Å². The van der Waals surface area contributed by atoms with Gasteiger partial charge in [-0.2, -0.15) is 0 Å². The van der Waals surface area contributed by atoms with Gasteiger partial charge in [-0.3, -0.25) is 4.79 Å². The predicted octanol–water partition coefficient (Wildman–Crippen LogP) is 2.08. The van der Waals surface area contributed by atoms with E-state index in [9.17, 15) is 9.18 Å². The molecule has 0 aromatic heterocycles. The molecule has 0 aliphatic rings. The van der Waals surface area contributed by atoms with Gasteiger partial charge in [0.05, 0.1) is 6.04 Å². The van der Waals surface area contributed by atoms with Crippen LogP contribution in [0.4, 0.5) is 4.39 Å². The Morgan fingerprint density at radius 2 is 2.00 bits per heavy atom. The molecular formula is C13H19FN2O. The first kappa shape index (κ1) is 13.6. The highest BCUT2D eigenvalue weighted by atomic mass is 19.1. The maximum Gasteiger partial charge on any atom is 0.222 e. The molecule has 0 saturated carbocycles. The second kappa shape index (κ2) is 6.35. The fourth-order valence-electron chi connectivity index (χ4n) is 1.61. The zero-order valence-electron chi connectivity index (χ0n) is 10.3. The van der Waals surface area contributed by atoms with Gasteiger partial charge in [0.15, 0.2) is 0 Å². The molecule has 1 rings (SSSR count). The van der Waals surface area contributed by atoms with Crippen molar-refractivity contribution >= 4 is 5.91 Å². The third-order valence-electron chi connectivity index (χ3n) is 2.92. The minimum atomic E-state index is -0.266. The average molecular weight is 238 g/mol. The fourth-order valence-corrected chi connectivity index (χ4v) is 1.61. The molecule has 0 aliphatic heterocycles. The van der Waals surface area contributed by atoms with Crippen molar-refractivity contribution in [1.29, 1.82) is 0 Å². The Kier molecular flexibility index (Phi) is 5.10. The summed E-state index contributed by atoms with van der Waals surface area (Å²) in [5.74, 6) is -0.203. The lowest BCUT2D eigenvalue weighted by atomic mass is 10.1. The van der Waals surface area contributed by atoms with Crippen LogP contribution in [0.3, 0.4) is 0 Å². The Balaban J connectivity index is 2.65. The zero-order valence-corrected chi connectivity index (χ0v) is 10.3. The largest absolute Gasteiger partial charge is 0.339 e. The standard InChI is InChI=1S/C13H19FN2O/c1-10(11-5-7-12(14)8-6-11)16(2)13(17)4-3-9-15/h5-8,10H,3-4,9,15H2,1-2H3/t10-/m0/s1. The Labute approximate surface area is 101 Å². The van der Waals surface area contributed by atoms with Crippen molar-refractivity contribution in [1.82, 2.24) is 4.90 Å². The van der Waals surface area contributed by atoms with Crippen LogP contribution in [0.15, 0.2) is 24.3 Å². The highest BCUT2D eigenvalue weighted by Gasteiger charge is 2.16. The Hall–Kier alpha value is -1.42. The van der Waals surface area contributed by atoms with Gasteiger partial charge < -0.3 is 10.6 Å². The van der Waals surface area contributed by atoms with E-state index in [1.165, 1.54) is 12.1 Å². The molecule has 17 heavy (non-hydrogen) atoms. The lowest BCUT2D eigenvalue weighted by Crippen LogP contribution is -2.29. The molecule has 1 aromatic rings. The zero-order chi connectivity index (χ0) is 12.8. The number of hydrogen-bond donors (Lipinski definition) is 1. The van der Waals surface area contributed by atoms with Crippen molar-refractivity contribution in [2.75, 3.05) is 13.6 Å². The van der Waals surface area contributed by atoms with Crippen LogP contribution in [-0.2, 0) is 4.79 Å². The van der Waals surface area contributed by atoms with E-state index in [1.54, 1.807) is 24.1 Å². The molecule has 0 unspecified atom stereocenters. The Morgan fingerprint density at radius 1 is 1.41 bits per heavy atom. The van der Waals surface area contributed by atoms with Crippen molar-refractivity contribution < 1.29 is 9.18 Å². The lowest BCUT2D eigenvalue weighted by molar-refractivity contribution is -0.131. The van der Waals surface area contributed by atoms with Crippen LogP contribution in [0, 0.1) is 5.82 Å². The third-order valence-corrected chi connectivity index (χ3v) is 2.92. The summed E-state index contributed by atoms with van der Waals surface area (Å²) in [6.07, 6.45) is 1.15. The molecule has 1 amide bonds. The third kappa shape index (κ3) is 3.82. The maximum absolute atomic E-state index is 12.8. The van der Waals surface area contributed by atoms with Crippen LogP contribution >= 0.6 is 0 Å². The van der Waals surface area contributed by atoms with E-state index in [1.807, 2.05) is 6.92 Å². The predicted molar refractivity (Wildman–Crippen MR) is 65.9 cm³/mol. The van der Waals surface area contributed by atoms with E-state index in [2.05, 4.69) is 0 Å². The van der Waals surface area contributed by atoms with Gasteiger partial charge in [0, 0.05) is 13.5 Å². The highest BCUT2D eigenvalue weighted by molar-refractivity contribution is 5.76. The first-order chi connectivity index (χ1) is 8.06. The van der Waals surface area contributed by atoms with E-state index < -0.39 is 0 Å². The molecule has 0 bridgehead atoms. The number of hydrogen-bond acceptors (Lipinski definition) is 2. The molecule has 2 N–H and O–H groups in total. The average Bonchev–Trinajstić information content (AvgIpc) is 2.35. The second-order valence-corrected chi connectivity index (χ2v) is 4.12. The molecule has 0 heterocycles. The Morgan fingerprint density at radius 3 is 2.53 bits per heavy atom. The molecule has 1 atom stereocenters. The molecule has 4 heteroatoms. The van der Waals surface area contributed by atoms with Crippen LogP contribution in [0.5, 0.6) is 0 Å². The lowest BCUT2D eigenvalue weighted by Gasteiger charge is -2.25. The quantitative estimate of drug-likeness (QED) is 0.853. The number of amides is 1. The summed E-state index contributed by atoms with van der Waals surface area (Å²) in [4.78, 5) is 13.4. The summed E-state index contributed by atoms with van der Waals surface area (Å²) >= 11 is 0. The number of nitrogens with two attached hydrogens (primary N) is 1. The van der Waals surface area contributed by atoms with Crippen molar-refractivity contribution in [2.45, 2.75) is 25.8 Å².